The molecule has 1 aliphatic rings. The van der Waals surface area contributed by atoms with Gasteiger partial charge in [-0.05, 0) is 45.4 Å². The number of aromatic nitrogens is 1. The molecule has 0 amide bonds. The SMILES string of the molecule is CCNC(=NCc1nc(C)c(C)s1)NC1CCN(c2cc(Cl)ccc2OC)C1. The third-order valence-electron chi connectivity index (χ3n) is 4.80. The number of ether oxygens (including phenoxy) is 1. The summed E-state index contributed by atoms with van der Waals surface area (Å²) in [6.07, 6.45) is 1.02. The molecule has 152 valence electrons. The van der Waals surface area contributed by atoms with E-state index in [4.69, 9.17) is 21.3 Å². The number of rotatable bonds is 6. The molecule has 2 aromatic rings. The van der Waals surface area contributed by atoms with E-state index in [9.17, 15) is 0 Å². The second-order valence-corrected chi connectivity index (χ2v) is 8.56. The Hall–Kier alpha value is -1.99. The number of aliphatic imine (C=N–C) groups is 1. The molecule has 0 radical (unpaired) electrons. The summed E-state index contributed by atoms with van der Waals surface area (Å²) in [5, 5.41) is 8.66. The molecule has 1 aliphatic heterocycles. The number of nitrogens with one attached hydrogen (secondary N) is 2. The van der Waals surface area contributed by atoms with Crippen LogP contribution in [0.1, 0.15) is 28.9 Å². The van der Waals surface area contributed by atoms with Crippen LogP contribution in [0.15, 0.2) is 23.2 Å². The normalized spacial score (nSPS) is 17.1. The van der Waals surface area contributed by atoms with Gasteiger partial charge in [-0.15, -0.1) is 11.3 Å². The van der Waals surface area contributed by atoms with E-state index >= 15 is 0 Å². The van der Waals surface area contributed by atoms with Gasteiger partial charge in [0.15, 0.2) is 5.96 Å². The van der Waals surface area contributed by atoms with Crippen LogP contribution in [0.3, 0.4) is 0 Å². The Bertz CT molecular complexity index is 818. The zero-order valence-corrected chi connectivity index (χ0v) is 18.5. The number of thiazole rings is 1. The van der Waals surface area contributed by atoms with Gasteiger partial charge in [0.1, 0.15) is 10.8 Å². The molecule has 1 saturated heterocycles. The fourth-order valence-electron chi connectivity index (χ4n) is 3.27. The van der Waals surface area contributed by atoms with Crippen molar-refractivity contribution in [2.75, 3.05) is 31.6 Å². The van der Waals surface area contributed by atoms with Gasteiger partial charge in [-0.25, -0.2) is 9.98 Å². The summed E-state index contributed by atoms with van der Waals surface area (Å²) in [6.45, 7) is 9.44. The zero-order valence-electron chi connectivity index (χ0n) is 16.9. The summed E-state index contributed by atoms with van der Waals surface area (Å²) >= 11 is 7.91. The Morgan fingerprint density at radius 1 is 1.43 bits per heavy atom. The van der Waals surface area contributed by atoms with Crippen molar-refractivity contribution in [3.8, 4) is 5.75 Å². The minimum absolute atomic E-state index is 0.307. The molecule has 6 nitrogen and oxygen atoms in total. The van der Waals surface area contributed by atoms with Gasteiger partial charge >= 0.3 is 0 Å². The molecule has 8 heteroatoms. The monoisotopic (exact) mass is 421 g/mol. The Kier molecular flexibility index (Phi) is 7.02. The predicted octanol–water partition coefficient (Wildman–Crippen LogP) is 3.76. The Balaban J connectivity index is 1.64. The summed E-state index contributed by atoms with van der Waals surface area (Å²) < 4.78 is 5.50. The van der Waals surface area contributed by atoms with E-state index in [2.05, 4.69) is 34.4 Å². The molecule has 28 heavy (non-hydrogen) atoms. The van der Waals surface area contributed by atoms with E-state index in [1.165, 1.54) is 4.88 Å². The lowest BCUT2D eigenvalue weighted by Crippen LogP contribution is -2.44. The van der Waals surface area contributed by atoms with Crippen molar-refractivity contribution in [3.63, 3.8) is 0 Å². The molecule has 0 bridgehead atoms. The third-order valence-corrected chi connectivity index (χ3v) is 6.09. The van der Waals surface area contributed by atoms with Crippen LogP contribution in [-0.2, 0) is 6.54 Å². The van der Waals surface area contributed by atoms with Gasteiger partial charge in [0.25, 0.3) is 0 Å². The van der Waals surface area contributed by atoms with Crippen molar-refractivity contribution in [1.82, 2.24) is 15.6 Å². The topological polar surface area (TPSA) is 61.8 Å². The van der Waals surface area contributed by atoms with Gasteiger partial charge in [0.2, 0.25) is 0 Å². The number of guanidine groups is 1. The molecule has 0 aliphatic carbocycles. The van der Waals surface area contributed by atoms with Crippen LogP contribution in [-0.4, -0.2) is 43.7 Å². The highest BCUT2D eigenvalue weighted by Crippen LogP contribution is 2.33. The fourth-order valence-corrected chi connectivity index (χ4v) is 4.30. The van der Waals surface area contributed by atoms with Crippen molar-refractivity contribution in [1.29, 1.82) is 0 Å². The highest BCUT2D eigenvalue weighted by atomic mass is 35.5. The second-order valence-electron chi connectivity index (χ2n) is 6.84. The number of aryl methyl sites for hydroxylation is 2. The number of halogens is 1. The first-order chi connectivity index (χ1) is 13.5. The minimum atomic E-state index is 0.307. The highest BCUT2D eigenvalue weighted by molar-refractivity contribution is 7.11. The number of hydrogen-bond acceptors (Lipinski definition) is 5. The summed E-state index contributed by atoms with van der Waals surface area (Å²) in [7, 11) is 1.69. The molecule has 0 spiro atoms. The van der Waals surface area contributed by atoms with Gasteiger partial charge in [-0.1, -0.05) is 11.6 Å². The maximum atomic E-state index is 6.19. The smallest absolute Gasteiger partial charge is 0.191 e. The zero-order chi connectivity index (χ0) is 20.1. The maximum absolute atomic E-state index is 6.19. The van der Waals surface area contributed by atoms with Crippen LogP contribution < -0.4 is 20.3 Å². The average molecular weight is 422 g/mol. The number of anilines is 1. The molecule has 2 heterocycles. The number of hydrogen-bond donors (Lipinski definition) is 2. The lowest BCUT2D eigenvalue weighted by molar-refractivity contribution is 0.415. The summed E-state index contributed by atoms with van der Waals surface area (Å²) in [4.78, 5) is 12.9. The first-order valence-corrected chi connectivity index (χ1v) is 10.8. The molecule has 3 rings (SSSR count). The average Bonchev–Trinajstić information content (AvgIpc) is 3.26. The Labute approximate surface area is 176 Å². The lowest BCUT2D eigenvalue weighted by atomic mass is 10.2. The van der Waals surface area contributed by atoms with E-state index in [1.54, 1.807) is 18.4 Å². The van der Waals surface area contributed by atoms with E-state index in [1.807, 2.05) is 25.1 Å². The van der Waals surface area contributed by atoms with E-state index in [-0.39, 0.29) is 0 Å². The first-order valence-electron chi connectivity index (χ1n) is 9.56. The molecular weight excluding hydrogens is 394 g/mol. The van der Waals surface area contributed by atoms with Crippen LogP contribution in [0.25, 0.3) is 0 Å². The summed E-state index contributed by atoms with van der Waals surface area (Å²) in [6, 6.07) is 6.05. The van der Waals surface area contributed by atoms with Crippen LogP contribution >= 0.6 is 22.9 Å². The van der Waals surface area contributed by atoms with Crippen molar-refractivity contribution in [2.45, 2.75) is 39.8 Å². The Morgan fingerprint density at radius 3 is 2.93 bits per heavy atom. The predicted molar refractivity (Wildman–Crippen MR) is 118 cm³/mol. The highest BCUT2D eigenvalue weighted by Gasteiger charge is 2.25. The minimum Gasteiger partial charge on any atom is -0.495 e. The summed E-state index contributed by atoms with van der Waals surface area (Å²) in [5.74, 6) is 1.68. The fraction of sp³-hybridized carbons (Fsp3) is 0.500. The molecular formula is C20H28ClN5OS. The molecule has 1 atom stereocenters. The van der Waals surface area contributed by atoms with E-state index < -0.39 is 0 Å². The molecule has 2 N–H and O–H groups in total. The van der Waals surface area contributed by atoms with Crippen molar-refractivity contribution in [2.24, 2.45) is 4.99 Å². The first kappa shape index (κ1) is 20.7. The molecule has 1 aromatic carbocycles. The van der Waals surface area contributed by atoms with Gasteiger partial charge < -0.3 is 20.3 Å². The van der Waals surface area contributed by atoms with Crippen LogP contribution in [0.4, 0.5) is 5.69 Å². The van der Waals surface area contributed by atoms with E-state index in [0.29, 0.717) is 12.6 Å². The lowest BCUT2D eigenvalue weighted by Gasteiger charge is -2.22. The van der Waals surface area contributed by atoms with Gasteiger partial charge in [-0.3, -0.25) is 0 Å². The Morgan fingerprint density at radius 2 is 2.25 bits per heavy atom. The second kappa shape index (κ2) is 9.47. The van der Waals surface area contributed by atoms with Gasteiger partial charge in [0, 0.05) is 35.6 Å². The summed E-state index contributed by atoms with van der Waals surface area (Å²) in [5.41, 5.74) is 2.13. The van der Waals surface area contributed by atoms with Crippen molar-refractivity contribution >= 4 is 34.6 Å². The van der Waals surface area contributed by atoms with Gasteiger partial charge in [0.05, 0.1) is 25.0 Å². The number of benzene rings is 1. The maximum Gasteiger partial charge on any atom is 0.191 e. The number of nitrogens with zero attached hydrogens (tertiary/aromatic N) is 3. The third kappa shape index (κ3) is 5.08. The van der Waals surface area contributed by atoms with Crippen molar-refractivity contribution < 1.29 is 4.74 Å². The van der Waals surface area contributed by atoms with Crippen LogP contribution in [0, 0.1) is 13.8 Å². The van der Waals surface area contributed by atoms with Gasteiger partial charge in [-0.2, -0.15) is 0 Å². The molecule has 1 aromatic heterocycles. The molecule has 0 saturated carbocycles. The van der Waals surface area contributed by atoms with E-state index in [0.717, 1.165) is 59.2 Å². The quantitative estimate of drug-likeness (QED) is 0.549. The standard InChI is InChI=1S/C20H28ClN5OS/c1-5-22-20(23-11-19-24-13(2)14(3)28-19)25-16-8-9-26(12-16)17-10-15(21)6-7-18(17)27-4/h6-7,10,16H,5,8-9,11-12H2,1-4H3,(H2,22,23,25). The number of methoxy groups -OCH3 is 1. The largest absolute Gasteiger partial charge is 0.495 e. The van der Waals surface area contributed by atoms with Crippen LogP contribution in [0.2, 0.25) is 5.02 Å². The molecule has 1 unspecified atom stereocenters. The molecule has 1 fully saturated rings. The van der Waals surface area contributed by atoms with Crippen LogP contribution in [0.5, 0.6) is 5.75 Å². The van der Waals surface area contributed by atoms with Crippen molar-refractivity contribution in [3.05, 3.63) is 38.8 Å².